The third-order valence-corrected chi connectivity index (χ3v) is 2.80. The van der Waals surface area contributed by atoms with Crippen LogP contribution in [-0.2, 0) is 11.2 Å². The minimum atomic E-state index is -0.812. The highest BCUT2D eigenvalue weighted by Gasteiger charge is 2.06. The van der Waals surface area contributed by atoms with Crippen molar-refractivity contribution in [1.82, 2.24) is 0 Å². The fraction of sp³-hybridized carbons (Fsp3) is 0.364. The van der Waals surface area contributed by atoms with E-state index in [4.69, 9.17) is 9.84 Å². The molecule has 0 saturated heterocycles. The average Bonchev–Trinajstić information content (AvgIpc) is 2.18. The minimum Gasteiger partial charge on any atom is -0.496 e. The van der Waals surface area contributed by atoms with Gasteiger partial charge in [0.1, 0.15) is 5.75 Å². The smallest absolute Gasteiger partial charge is 0.307 e. The van der Waals surface area contributed by atoms with E-state index >= 15 is 0 Å². The first-order valence-corrected chi connectivity index (χ1v) is 5.67. The Morgan fingerprint density at radius 2 is 2.27 bits per heavy atom. The van der Waals surface area contributed by atoms with Crippen LogP contribution in [0.5, 0.6) is 5.75 Å². The molecule has 3 nitrogen and oxygen atoms in total. The maximum atomic E-state index is 10.6. The van der Waals surface area contributed by atoms with Gasteiger partial charge in [-0.25, -0.2) is 0 Å². The topological polar surface area (TPSA) is 46.5 Å². The van der Waals surface area contributed by atoms with Crippen molar-refractivity contribution in [2.24, 2.45) is 0 Å². The Labute approximate surface area is 93.4 Å². The van der Waals surface area contributed by atoms with Gasteiger partial charge in [-0.05, 0) is 23.4 Å². The fourth-order valence-corrected chi connectivity index (χ4v) is 2.11. The highest BCUT2D eigenvalue weighted by molar-refractivity contribution is 7.99. The molecule has 0 atom stereocenters. The van der Waals surface area contributed by atoms with E-state index in [1.165, 1.54) is 0 Å². The number of thioether (sulfide) groups is 1. The third-order valence-electron chi connectivity index (χ3n) is 1.88. The number of carboxylic acid groups (broad SMARTS) is 1. The van der Waals surface area contributed by atoms with Crippen LogP contribution in [0, 0.1) is 0 Å². The van der Waals surface area contributed by atoms with Gasteiger partial charge in [0.15, 0.2) is 0 Å². The van der Waals surface area contributed by atoms with E-state index in [0.717, 1.165) is 22.0 Å². The van der Waals surface area contributed by atoms with E-state index in [1.807, 2.05) is 19.1 Å². The number of hydrogen-bond donors (Lipinski definition) is 1. The molecule has 1 aromatic rings. The van der Waals surface area contributed by atoms with Gasteiger partial charge < -0.3 is 9.84 Å². The third kappa shape index (κ3) is 3.47. The molecule has 0 heterocycles. The molecule has 0 radical (unpaired) electrons. The van der Waals surface area contributed by atoms with E-state index in [-0.39, 0.29) is 6.42 Å². The molecule has 0 aliphatic heterocycles. The summed E-state index contributed by atoms with van der Waals surface area (Å²) in [6.07, 6.45) is 0.0568. The van der Waals surface area contributed by atoms with Crippen LogP contribution in [-0.4, -0.2) is 23.9 Å². The van der Waals surface area contributed by atoms with Crippen molar-refractivity contribution in [2.45, 2.75) is 18.2 Å². The second kappa shape index (κ2) is 5.66. The molecular formula is C11H14O3S. The zero-order valence-corrected chi connectivity index (χ0v) is 9.63. The molecule has 0 amide bonds. The second-order valence-electron chi connectivity index (χ2n) is 2.99. The molecule has 0 aromatic heterocycles. The van der Waals surface area contributed by atoms with Gasteiger partial charge in [0, 0.05) is 4.90 Å². The Hall–Kier alpha value is -1.16. The molecule has 0 spiro atoms. The van der Waals surface area contributed by atoms with Crippen LogP contribution in [0.25, 0.3) is 0 Å². The number of carbonyl (C=O) groups is 1. The molecule has 0 aliphatic carbocycles. The first-order valence-electron chi connectivity index (χ1n) is 4.69. The summed E-state index contributed by atoms with van der Waals surface area (Å²) in [6.45, 7) is 2.05. The van der Waals surface area contributed by atoms with Crippen molar-refractivity contribution in [1.29, 1.82) is 0 Å². The van der Waals surface area contributed by atoms with Gasteiger partial charge in [-0.2, -0.15) is 0 Å². The number of ether oxygens (including phenoxy) is 1. The molecule has 1 rings (SSSR count). The predicted molar refractivity (Wildman–Crippen MR) is 60.7 cm³/mol. The summed E-state index contributed by atoms with van der Waals surface area (Å²) in [7, 11) is 1.62. The summed E-state index contributed by atoms with van der Waals surface area (Å²) in [4.78, 5) is 11.6. The second-order valence-corrected chi connectivity index (χ2v) is 4.29. The Balaban J connectivity index is 2.93. The Kier molecular flexibility index (Phi) is 4.49. The molecule has 0 aliphatic rings. The molecule has 15 heavy (non-hydrogen) atoms. The van der Waals surface area contributed by atoms with Gasteiger partial charge in [-0.1, -0.05) is 13.0 Å². The number of methoxy groups -OCH3 is 1. The van der Waals surface area contributed by atoms with Crippen LogP contribution in [0.2, 0.25) is 0 Å². The number of aliphatic carboxylic acids is 1. The molecule has 4 heteroatoms. The summed E-state index contributed by atoms with van der Waals surface area (Å²) in [6, 6.07) is 5.48. The molecule has 0 bridgehead atoms. The van der Waals surface area contributed by atoms with Crippen LogP contribution in [0.3, 0.4) is 0 Å². The fourth-order valence-electron chi connectivity index (χ4n) is 1.27. The number of hydrogen-bond acceptors (Lipinski definition) is 3. The Bertz CT molecular complexity index is 350. The Morgan fingerprint density at radius 3 is 2.80 bits per heavy atom. The van der Waals surface area contributed by atoms with Crippen LogP contribution in [0.1, 0.15) is 12.5 Å². The predicted octanol–water partition coefficient (Wildman–Crippen LogP) is 2.43. The summed E-state index contributed by atoms with van der Waals surface area (Å²) in [5.74, 6) is 0.927. The summed E-state index contributed by atoms with van der Waals surface area (Å²) >= 11 is 1.65. The zero-order valence-electron chi connectivity index (χ0n) is 8.82. The summed E-state index contributed by atoms with van der Waals surface area (Å²) in [5, 5.41) is 8.68. The lowest BCUT2D eigenvalue weighted by Crippen LogP contribution is -2.00. The number of benzene rings is 1. The molecular weight excluding hydrogens is 212 g/mol. The van der Waals surface area contributed by atoms with Gasteiger partial charge in [-0.15, -0.1) is 11.8 Å². The zero-order chi connectivity index (χ0) is 11.3. The average molecular weight is 226 g/mol. The highest BCUT2D eigenvalue weighted by Crippen LogP contribution is 2.30. The van der Waals surface area contributed by atoms with E-state index < -0.39 is 5.97 Å². The van der Waals surface area contributed by atoms with Gasteiger partial charge in [-0.3, -0.25) is 4.79 Å². The first kappa shape index (κ1) is 11.9. The van der Waals surface area contributed by atoms with E-state index in [2.05, 4.69) is 0 Å². The maximum Gasteiger partial charge on any atom is 0.307 e. The standard InChI is InChI=1S/C11H14O3S/c1-3-15-10-6-8(7-11(12)13)4-5-9(10)14-2/h4-6H,3,7H2,1-2H3,(H,12,13). The monoisotopic (exact) mass is 226 g/mol. The molecule has 1 N–H and O–H groups in total. The molecule has 82 valence electrons. The van der Waals surface area contributed by atoms with Crippen LogP contribution in [0.4, 0.5) is 0 Å². The molecule has 1 aromatic carbocycles. The highest BCUT2D eigenvalue weighted by atomic mass is 32.2. The number of carboxylic acids is 1. The molecule has 0 fully saturated rings. The number of rotatable bonds is 5. The van der Waals surface area contributed by atoms with Crippen LogP contribution < -0.4 is 4.74 Å². The molecule has 0 unspecified atom stereocenters. The lowest BCUT2D eigenvalue weighted by Gasteiger charge is -2.08. The van der Waals surface area contributed by atoms with Gasteiger partial charge >= 0.3 is 5.97 Å². The van der Waals surface area contributed by atoms with Crippen molar-refractivity contribution >= 4 is 17.7 Å². The summed E-state index contributed by atoms with van der Waals surface area (Å²) in [5.41, 5.74) is 0.805. The largest absolute Gasteiger partial charge is 0.496 e. The van der Waals surface area contributed by atoms with E-state index in [0.29, 0.717) is 0 Å². The maximum absolute atomic E-state index is 10.6. The lowest BCUT2D eigenvalue weighted by atomic mass is 10.1. The minimum absolute atomic E-state index is 0.0568. The van der Waals surface area contributed by atoms with Crippen molar-refractivity contribution in [3.05, 3.63) is 23.8 Å². The molecule has 0 saturated carbocycles. The van der Waals surface area contributed by atoms with Crippen molar-refractivity contribution < 1.29 is 14.6 Å². The lowest BCUT2D eigenvalue weighted by molar-refractivity contribution is -0.136. The van der Waals surface area contributed by atoms with Gasteiger partial charge in [0.25, 0.3) is 0 Å². The normalized spacial score (nSPS) is 10.0. The van der Waals surface area contributed by atoms with Crippen LogP contribution >= 0.6 is 11.8 Å². The van der Waals surface area contributed by atoms with Crippen molar-refractivity contribution in [3.8, 4) is 5.75 Å². The van der Waals surface area contributed by atoms with Gasteiger partial charge in [0.2, 0.25) is 0 Å². The SMILES string of the molecule is CCSc1cc(CC(=O)O)ccc1OC. The van der Waals surface area contributed by atoms with Crippen molar-refractivity contribution in [3.63, 3.8) is 0 Å². The van der Waals surface area contributed by atoms with Gasteiger partial charge in [0.05, 0.1) is 13.5 Å². The van der Waals surface area contributed by atoms with Crippen molar-refractivity contribution in [2.75, 3.05) is 12.9 Å². The van der Waals surface area contributed by atoms with E-state index in [9.17, 15) is 4.79 Å². The van der Waals surface area contributed by atoms with Crippen LogP contribution in [0.15, 0.2) is 23.1 Å². The first-order chi connectivity index (χ1) is 7.17. The quantitative estimate of drug-likeness (QED) is 0.783. The Morgan fingerprint density at radius 1 is 1.53 bits per heavy atom. The van der Waals surface area contributed by atoms with E-state index in [1.54, 1.807) is 24.9 Å². The summed E-state index contributed by atoms with van der Waals surface area (Å²) < 4.78 is 5.19.